The number of benzene rings is 1. The van der Waals surface area contributed by atoms with E-state index in [4.69, 9.17) is 0 Å². The molecule has 3 heteroatoms. The van der Waals surface area contributed by atoms with E-state index in [9.17, 15) is 9.90 Å². The van der Waals surface area contributed by atoms with Gasteiger partial charge in [-0.3, -0.25) is 4.79 Å². The fourth-order valence-electron chi connectivity index (χ4n) is 2.99. The second-order valence-corrected chi connectivity index (χ2v) is 7.22. The molecule has 0 spiro atoms. The zero-order valence-electron chi connectivity index (χ0n) is 12.1. The molecule has 1 aromatic rings. The van der Waals surface area contributed by atoms with E-state index in [2.05, 4.69) is 6.92 Å². The SMILES string of the molecule is CCC1CCCC(SC(Cc2ccccc2)C(=O)O)C1. The maximum atomic E-state index is 11.5. The van der Waals surface area contributed by atoms with Crippen molar-refractivity contribution in [1.29, 1.82) is 0 Å². The highest BCUT2D eigenvalue weighted by Gasteiger charge is 2.27. The predicted molar refractivity (Wildman–Crippen MR) is 85.2 cm³/mol. The normalized spacial score (nSPS) is 24.2. The van der Waals surface area contributed by atoms with Gasteiger partial charge in [-0.2, -0.15) is 0 Å². The van der Waals surface area contributed by atoms with Crippen LogP contribution in [0.3, 0.4) is 0 Å². The molecule has 3 atom stereocenters. The highest BCUT2D eigenvalue weighted by molar-refractivity contribution is 8.01. The van der Waals surface area contributed by atoms with Crippen LogP contribution in [0.5, 0.6) is 0 Å². The Labute approximate surface area is 126 Å². The van der Waals surface area contributed by atoms with Gasteiger partial charge in [-0.05, 0) is 30.7 Å². The molecule has 0 aromatic heterocycles. The topological polar surface area (TPSA) is 37.3 Å². The first-order valence-corrected chi connectivity index (χ1v) is 8.55. The zero-order chi connectivity index (χ0) is 14.4. The van der Waals surface area contributed by atoms with Crippen LogP contribution in [0, 0.1) is 5.92 Å². The minimum atomic E-state index is -0.669. The highest BCUT2D eigenvalue weighted by Crippen LogP contribution is 2.36. The first kappa shape index (κ1) is 15.4. The second-order valence-electron chi connectivity index (χ2n) is 5.72. The fraction of sp³-hybridized carbons (Fsp3) is 0.588. The van der Waals surface area contributed by atoms with Gasteiger partial charge >= 0.3 is 5.97 Å². The number of hydrogen-bond donors (Lipinski definition) is 1. The van der Waals surface area contributed by atoms with Crippen molar-refractivity contribution in [3.63, 3.8) is 0 Å². The number of carbonyl (C=O) groups is 1. The van der Waals surface area contributed by atoms with Gasteiger partial charge in [-0.1, -0.05) is 56.5 Å². The average Bonchev–Trinajstić information content (AvgIpc) is 2.48. The third kappa shape index (κ3) is 4.55. The third-order valence-corrected chi connectivity index (χ3v) is 5.72. The summed E-state index contributed by atoms with van der Waals surface area (Å²) in [6.07, 6.45) is 6.82. The summed E-state index contributed by atoms with van der Waals surface area (Å²) in [5.74, 6) is 0.130. The molecule has 0 bridgehead atoms. The first-order valence-electron chi connectivity index (χ1n) is 7.61. The van der Waals surface area contributed by atoms with Gasteiger partial charge in [-0.15, -0.1) is 11.8 Å². The number of aliphatic carboxylic acids is 1. The molecule has 1 aliphatic carbocycles. The maximum absolute atomic E-state index is 11.5. The van der Waals surface area contributed by atoms with Crippen molar-refractivity contribution in [2.45, 2.75) is 55.9 Å². The molecule has 1 N–H and O–H groups in total. The number of thioether (sulfide) groups is 1. The van der Waals surface area contributed by atoms with Crippen LogP contribution in [-0.4, -0.2) is 21.6 Å². The van der Waals surface area contributed by atoms with Gasteiger partial charge in [0.2, 0.25) is 0 Å². The summed E-state index contributed by atoms with van der Waals surface area (Å²) < 4.78 is 0. The Kier molecular flexibility index (Phi) is 5.96. The van der Waals surface area contributed by atoms with E-state index in [1.54, 1.807) is 11.8 Å². The minimum Gasteiger partial charge on any atom is -0.480 e. The molecule has 2 nitrogen and oxygen atoms in total. The van der Waals surface area contributed by atoms with Gasteiger partial charge in [0.05, 0.1) is 0 Å². The summed E-state index contributed by atoms with van der Waals surface area (Å²) in [5.41, 5.74) is 1.12. The van der Waals surface area contributed by atoms with E-state index < -0.39 is 5.97 Å². The van der Waals surface area contributed by atoms with Crippen LogP contribution >= 0.6 is 11.8 Å². The van der Waals surface area contributed by atoms with Crippen molar-refractivity contribution in [2.24, 2.45) is 5.92 Å². The summed E-state index contributed by atoms with van der Waals surface area (Å²) in [4.78, 5) is 11.5. The van der Waals surface area contributed by atoms with Crippen molar-refractivity contribution >= 4 is 17.7 Å². The average molecular weight is 292 g/mol. The number of hydrogen-bond acceptors (Lipinski definition) is 2. The molecule has 0 amide bonds. The standard InChI is InChI=1S/C17H24O2S/c1-2-13-9-6-10-15(11-13)20-16(17(18)19)12-14-7-4-3-5-8-14/h3-5,7-8,13,15-16H,2,6,9-12H2,1H3,(H,18,19). The summed E-state index contributed by atoms with van der Waals surface area (Å²) in [6, 6.07) is 9.97. The predicted octanol–water partition coefficient (Wildman–Crippen LogP) is 4.38. The Hall–Kier alpha value is -0.960. The van der Waals surface area contributed by atoms with Gasteiger partial charge in [0, 0.05) is 5.25 Å². The van der Waals surface area contributed by atoms with E-state index in [-0.39, 0.29) is 5.25 Å². The molecule has 110 valence electrons. The number of carboxylic acids is 1. The molecule has 20 heavy (non-hydrogen) atoms. The molecule has 1 aromatic carbocycles. The molecule has 1 saturated carbocycles. The first-order chi connectivity index (χ1) is 9.69. The van der Waals surface area contributed by atoms with E-state index in [1.165, 1.54) is 32.1 Å². The molecule has 0 heterocycles. The zero-order valence-corrected chi connectivity index (χ0v) is 12.9. The maximum Gasteiger partial charge on any atom is 0.316 e. The lowest BCUT2D eigenvalue weighted by Crippen LogP contribution is -2.26. The summed E-state index contributed by atoms with van der Waals surface area (Å²) >= 11 is 1.69. The van der Waals surface area contributed by atoms with E-state index in [1.807, 2.05) is 30.3 Å². The smallest absolute Gasteiger partial charge is 0.316 e. The molecular formula is C17H24O2S. The molecule has 3 unspecified atom stereocenters. The molecule has 2 rings (SSSR count). The largest absolute Gasteiger partial charge is 0.480 e. The van der Waals surface area contributed by atoms with Crippen LogP contribution in [0.1, 0.15) is 44.6 Å². The van der Waals surface area contributed by atoms with Crippen LogP contribution in [0.15, 0.2) is 30.3 Å². The lowest BCUT2D eigenvalue weighted by atomic mass is 9.87. The monoisotopic (exact) mass is 292 g/mol. The molecule has 1 fully saturated rings. The van der Waals surface area contributed by atoms with Gasteiger partial charge in [0.15, 0.2) is 0 Å². The third-order valence-electron chi connectivity index (χ3n) is 4.21. The van der Waals surface area contributed by atoms with Crippen LogP contribution in [0.25, 0.3) is 0 Å². The summed E-state index contributed by atoms with van der Waals surface area (Å²) in [6.45, 7) is 2.25. The summed E-state index contributed by atoms with van der Waals surface area (Å²) in [7, 11) is 0. The molecule has 1 aliphatic rings. The number of carboxylic acid groups (broad SMARTS) is 1. The molecule has 0 aliphatic heterocycles. The Morgan fingerprint density at radius 3 is 2.75 bits per heavy atom. The van der Waals surface area contributed by atoms with Crippen molar-refractivity contribution in [1.82, 2.24) is 0 Å². The molecule has 0 saturated heterocycles. The van der Waals surface area contributed by atoms with E-state index in [0.29, 0.717) is 11.7 Å². The Morgan fingerprint density at radius 1 is 1.35 bits per heavy atom. The van der Waals surface area contributed by atoms with Crippen LogP contribution in [0.2, 0.25) is 0 Å². The van der Waals surface area contributed by atoms with Gasteiger partial charge in [0.25, 0.3) is 0 Å². The lowest BCUT2D eigenvalue weighted by Gasteiger charge is -2.29. The fourth-order valence-corrected chi connectivity index (χ4v) is 4.55. The summed E-state index contributed by atoms with van der Waals surface area (Å²) in [5, 5.41) is 9.69. The van der Waals surface area contributed by atoms with Gasteiger partial charge in [-0.25, -0.2) is 0 Å². The molecular weight excluding hydrogens is 268 g/mol. The second kappa shape index (κ2) is 7.72. The number of rotatable bonds is 6. The van der Waals surface area contributed by atoms with Crippen molar-refractivity contribution < 1.29 is 9.90 Å². The van der Waals surface area contributed by atoms with Crippen LogP contribution in [-0.2, 0) is 11.2 Å². The van der Waals surface area contributed by atoms with E-state index in [0.717, 1.165) is 11.5 Å². The van der Waals surface area contributed by atoms with Crippen molar-refractivity contribution in [3.05, 3.63) is 35.9 Å². The van der Waals surface area contributed by atoms with E-state index >= 15 is 0 Å². The molecule has 0 radical (unpaired) electrons. The minimum absolute atomic E-state index is 0.307. The van der Waals surface area contributed by atoms with Gasteiger partial charge in [0.1, 0.15) is 5.25 Å². The van der Waals surface area contributed by atoms with Crippen molar-refractivity contribution in [3.8, 4) is 0 Å². The van der Waals surface area contributed by atoms with Crippen molar-refractivity contribution in [2.75, 3.05) is 0 Å². The Morgan fingerprint density at radius 2 is 2.10 bits per heavy atom. The Bertz CT molecular complexity index is 418. The quantitative estimate of drug-likeness (QED) is 0.845. The van der Waals surface area contributed by atoms with Crippen LogP contribution in [0.4, 0.5) is 0 Å². The Balaban J connectivity index is 1.94. The highest BCUT2D eigenvalue weighted by atomic mass is 32.2. The lowest BCUT2D eigenvalue weighted by molar-refractivity contribution is -0.136. The van der Waals surface area contributed by atoms with Gasteiger partial charge < -0.3 is 5.11 Å². The van der Waals surface area contributed by atoms with Crippen LogP contribution < -0.4 is 0 Å².